The lowest BCUT2D eigenvalue weighted by Crippen LogP contribution is -2.50. The second kappa shape index (κ2) is 8.04. The van der Waals surface area contributed by atoms with Gasteiger partial charge < -0.3 is 9.64 Å². The smallest absolute Gasteiger partial charge is 0.237 e. The zero-order chi connectivity index (χ0) is 17.7. The van der Waals surface area contributed by atoms with Gasteiger partial charge in [0.1, 0.15) is 5.82 Å². The van der Waals surface area contributed by atoms with E-state index in [1.165, 1.54) is 6.07 Å². The number of amides is 1. The number of carbonyl (C=O) groups excluding carboxylic acids is 1. The van der Waals surface area contributed by atoms with Crippen molar-refractivity contribution in [2.75, 3.05) is 33.0 Å². The number of rotatable bonds is 6. The van der Waals surface area contributed by atoms with Crippen LogP contribution >= 0.6 is 0 Å². The summed E-state index contributed by atoms with van der Waals surface area (Å²) in [7, 11) is -1.83. The minimum Gasteiger partial charge on any atom is -0.379 e. The van der Waals surface area contributed by atoms with Crippen LogP contribution in [0, 0.1) is 11.7 Å². The van der Waals surface area contributed by atoms with E-state index in [4.69, 9.17) is 4.74 Å². The van der Waals surface area contributed by atoms with E-state index in [0.717, 1.165) is 6.26 Å². The van der Waals surface area contributed by atoms with Gasteiger partial charge >= 0.3 is 0 Å². The minimum atomic E-state index is -3.40. The van der Waals surface area contributed by atoms with Gasteiger partial charge in [0.2, 0.25) is 15.9 Å². The molecule has 0 saturated carbocycles. The number of carbonyl (C=O) groups is 1. The molecule has 0 bridgehead atoms. The van der Waals surface area contributed by atoms with Crippen LogP contribution in [0.3, 0.4) is 0 Å². The molecule has 0 unspecified atom stereocenters. The summed E-state index contributed by atoms with van der Waals surface area (Å²) in [6.45, 7) is 0.621. The maximum absolute atomic E-state index is 13.8. The maximum atomic E-state index is 13.8. The number of methoxy groups -OCH3 is 1. The summed E-state index contributed by atoms with van der Waals surface area (Å²) in [6.07, 6.45) is 2.03. The molecule has 1 saturated heterocycles. The van der Waals surface area contributed by atoms with Crippen LogP contribution in [0.2, 0.25) is 0 Å². The molecule has 1 aromatic carbocycles. The largest absolute Gasteiger partial charge is 0.379 e. The van der Waals surface area contributed by atoms with Crippen molar-refractivity contribution >= 4 is 15.9 Å². The Morgan fingerprint density at radius 3 is 2.75 bits per heavy atom. The van der Waals surface area contributed by atoms with Crippen LogP contribution in [-0.2, 0) is 26.0 Å². The molecule has 2 atom stereocenters. The Morgan fingerprint density at radius 2 is 2.12 bits per heavy atom. The van der Waals surface area contributed by atoms with Crippen LogP contribution < -0.4 is 4.72 Å². The van der Waals surface area contributed by atoms with Gasteiger partial charge in [0.15, 0.2) is 0 Å². The summed E-state index contributed by atoms with van der Waals surface area (Å²) in [5, 5.41) is 0. The molecular formula is C16H23FN2O4S. The molecule has 2 rings (SSSR count). The SMILES string of the molecule is CO[C@@H]1CN(C(=O)CNS(C)(=O)=O)CC[C@@H]1Cc1ccccc1F. The molecule has 0 radical (unpaired) electrons. The molecule has 0 spiro atoms. The lowest BCUT2D eigenvalue weighted by Gasteiger charge is -2.38. The molecule has 1 aliphatic rings. The predicted molar refractivity (Wildman–Crippen MR) is 88.4 cm³/mol. The van der Waals surface area contributed by atoms with Crippen molar-refractivity contribution < 1.29 is 22.3 Å². The first-order valence-corrected chi connectivity index (χ1v) is 9.68. The van der Waals surface area contributed by atoms with Crippen molar-refractivity contribution in [2.45, 2.75) is 18.9 Å². The number of piperidine rings is 1. The third-order valence-electron chi connectivity index (χ3n) is 4.28. The summed E-state index contributed by atoms with van der Waals surface area (Å²) in [5.74, 6) is -0.408. The number of halogens is 1. The number of nitrogens with zero attached hydrogens (tertiary/aromatic N) is 1. The molecule has 8 heteroatoms. The molecule has 1 N–H and O–H groups in total. The normalized spacial score (nSPS) is 21.7. The molecule has 1 amide bonds. The number of likely N-dealkylation sites (tertiary alicyclic amines) is 1. The van der Waals surface area contributed by atoms with Gasteiger partial charge in [-0.3, -0.25) is 4.79 Å². The van der Waals surface area contributed by atoms with Crippen molar-refractivity contribution in [3.8, 4) is 0 Å². The number of hydrogen-bond donors (Lipinski definition) is 1. The maximum Gasteiger partial charge on any atom is 0.237 e. The van der Waals surface area contributed by atoms with Gasteiger partial charge in [-0.25, -0.2) is 17.5 Å². The fraction of sp³-hybridized carbons (Fsp3) is 0.562. The van der Waals surface area contributed by atoms with Crippen LogP contribution in [-0.4, -0.2) is 58.3 Å². The minimum absolute atomic E-state index is 0.110. The van der Waals surface area contributed by atoms with Crippen LogP contribution in [0.1, 0.15) is 12.0 Å². The first-order valence-electron chi connectivity index (χ1n) is 7.78. The van der Waals surface area contributed by atoms with E-state index >= 15 is 0 Å². The number of nitrogens with one attached hydrogen (secondary N) is 1. The molecule has 1 heterocycles. The average molecular weight is 358 g/mol. The van der Waals surface area contributed by atoms with Crippen LogP contribution in [0.4, 0.5) is 4.39 Å². The molecule has 0 aliphatic carbocycles. The number of benzene rings is 1. The standard InChI is InChI=1S/C16H23FN2O4S/c1-23-15-11-19(16(20)10-18-24(2,21)22)8-7-13(15)9-12-5-3-4-6-14(12)17/h3-6,13,15,18H,7-11H2,1-2H3/t13-,15-/m1/s1. The lowest BCUT2D eigenvalue weighted by atomic mass is 9.87. The Morgan fingerprint density at radius 1 is 1.42 bits per heavy atom. The third-order valence-corrected chi connectivity index (χ3v) is 4.95. The van der Waals surface area contributed by atoms with E-state index in [1.54, 1.807) is 30.2 Å². The van der Waals surface area contributed by atoms with Crippen molar-refractivity contribution in [2.24, 2.45) is 5.92 Å². The molecule has 1 aliphatic heterocycles. The fourth-order valence-electron chi connectivity index (χ4n) is 2.94. The third kappa shape index (κ3) is 5.25. The Kier molecular flexibility index (Phi) is 6.31. The highest BCUT2D eigenvalue weighted by Gasteiger charge is 2.32. The van der Waals surface area contributed by atoms with Gasteiger partial charge in [0, 0.05) is 20.2 Å². The molecule has 1 fully saturated rings. The molecule has 134 valence electrons. The highest BCUT2D eigenvalue weighted by molar-refractivity contribution is 7.88. The summed E-state index contributed by atoms with van der Waals surface area (Å²) < 4.78 is 43.7. The Bertz CT molecular complexity index is 680. The van der Waals surface area contributed by atoms with E-state index in [-0.39, 0.29) is 30.3 Å². The van der Waals surface area contributed by atoms with Crippen LogP contribution in [0.15, 0.2) is 24.3 Å². The summed E-state index contributed by atoms with van der Waals surface area (Å²) in [6, 6.07) is 6.65. The second-order valence-electron chi connectivity index (χ2n) is 6.05. The highest BCUT2D eigenvalue weighted by atomic mass is 32.2. The monoisotopic (exact) mass is 358 g/mol. The van der Waals surface area contributed by atoms with Crippen molar-refractivity contribution in [3.63, 3.8) is 0 Å². The summed E-state index contributed by atoms with van der Waals surface area (Å²) >= 11 is 0. The van der Waals surface area contributed by atoms with E-state index in [0.29, 0.717) is 31.5 Å². The van der Waals surface area contributed by atoms with Crippen molar-refractivity contribution in [3.05, 3.63) is 35.6 Å². The Hall–Kier alpha value is -1.51. The van der Waals surface area contributed by atoms with E-state index in [2.05, 4.69) is 4.72 Å². The van der Waals surface area contributed by atoms with Gasteiger partial charge in [-0.1, -0.05) is 18.2 Å². The molecule has 1 aromatic rings. The van der Waals surface area contributed by atoms with Gasteiger partial charge in [-0.15, -0.1) is 0 Å². The fourth-order valence-corrected chi connectivity index (χ4v) is 3.33. The number of ether oxygens (including phenoxy) is 1. The highest BCUT2D eigenvalue weighted by Crippen LogP contribution is 2.25. The lowest BCUT2D eigenvalue weighted by molar-refractivity contribution is -0.135. The molecular weight excluding hydrogens is 335 g/mol. The summed E-state index contributed by atoms with van der Waals surface area (Å²) in [5.41, 5.74) is 0.642. The van der Waals surface area contributed by atoms with Crippen molar-refractivity contribution in [1.29, 1.82) is 0 Å². The Balaban J connectivity index is 1.96. The van der Waals surface area contributed by atoms with Crippen LogP contribution in [0.25, 0.3) is 0 Å². The second-order valence-corrected chi connectivity index (χ2v) is 7.88. The number of hydrogen-bond acceptors (Lipinski definition) is 4. The first-order chi connectivity index (χ1) is 11.3. The van der Waals surface area contributed by atoms with E-state index in [1.807, 2.05) is 0 Å². The van der Waals surface area contributed by atoms with Crippen molar-refractivity contribution in [1.82, 2.24) is 9.62 Å². The van der Waals surface area contributed by atoms with Gasteiger partial charge in [0.25, 0.3) is 0 Å². The Labute approximate surface area is 142 Å². The first kappa shape index (κ1) is 18.8. The van der Waals surface area contributed by atoms with Gasteiger partial charge in [0.05, 0.1) is 18.9 Å². The topological polar surface area (TPSA) is 75.7 Å². The van der Waals surface area contributed by atoms with Crippen LogP contribution in [0.5, 0.6) is 0 Å². The number of sulfonamides is 1. The zero-order valence-electron chi connectivity index (χ0n) is 13.9. The predicted octanol–water partition coefficient (Wildman–Crippen LogP) is 0.781. The average Bonchev–Trinajstić information content (AvgIpc) is 2.54. The molecule has 6 nitrogen and oxygen atoms in total. The van der Waals surface area contributed by atoms with Gasteiger partial charge in [-0.2, -0.15) is 0 Å². The van der Waals surface area contributed by atoms with E-state index in [9.17, 15) is 17.6 Å². The van der Waals surface area contributed by atoms with E-state index < -0.39 is 10.0 Å². The molecule has 24 heavy (non-hydrogen) atoms. The molecule has 0 aromatic heterocycles. The summed E-state index contributed by atoms with van der Waals surface area (Å²) in [4.78, 5) is 13.7. The zero-order valence-corrected chi connectivity index (χ0v) is 14.7. The van der Waals surface area contributed by atoms with Gasteiger partial charge in [-0.05, 0) is 30.4 Å². The quantitative estimate of drug-likeness (QED) is 0.815.